The fourth-order valence-corrected chi connectivity index (χ4v) is 3.07. The molecule has 2 N–H and O–H groups in total. The molecule has 2 rings (SSSR count). The Labute approximate surface area is 142 Å². The number of hydrogen-bond donors (Lipinski definition) is 2. The maximum atomic E-state index is 11.9. The third-order valence-electron chi connectivity index (χ3n) is 2.78. The largest absolute Gasteiger partial charge is 0.363 e. The molecule has 2 aromatic rings. The van der Waals surface area contributed by atoms with Gasteiger partial charge < -0.3 is 15.5 Å². The summed E-state index contributed by atoms with van der Waals surface area (Å²) in [5.74, 6) is 1.34. The molecule has 0 aliphatic rings. The Morgan fingerprint density at radius 3 is 2.73 bits per heavy atom. The summed E-state index contributed by atoms with van der Waals surface area (Å²) < 4.78 is 0.921. The number of aryl methyl sites for hydroxylation is 1. The molecule has 0 aliphatic heterocycles. The van der Waals surface area contributed by atoms with E-state index >= 15 is 0 Å². The highest BCUT2D eigenvalue weighted by Gasteiger charge is 2.08. The van der Waals surface area contributed by atoms with Gasteiger partial charge in [0.25, 0.3) is 5.91 Å². The van der Waals surface area contributed by atoms with Gasteiger partial charge in [-0.1, -0.05) is 0 Å². The second-order valence-corrected chi connectivity index (χ2v) is 6.72. The van der Waals surface area contributed by atoms with Crippen molar-refractivity contribution in [2.24, 2.45) is 0 Å². The summed E-state index contributed by atoms with van der Waals surface area (Å²) in [6, 6.07) is 3.72. The average Bonchev–Trinajstić information content (AvgIpc) is 2.89. The maximum Gasteiger partial charge on any atom is 0.261 e. The Balaban J connectivity index is 1.82. The fourth-order valence-electron chi connectivity index (χ4n) is 1.73. The Morgan fingerprint density at radius 1 is 1.32 bits per heavy atom. The van der Waals surface area contributed by atoms with Crippen molar-refractivity contribution in [3.63, 3.8) is 0 Å². The summed E-state index contributed by atoms with van der Waals surface area (Å²) in [5.41, 5.74) is 0.897. The number of hydrogen-bond acceptors (Lipinski definition) is 6. The topological polar surface area (TPSA) is 70.2 Å². The molecular weight excluding hydrogens is 366 g/mol. The molecule has 6 nitrogen and oxygen atoms in total. The normalized spacial score (nSPS) is 10.4. The van der Waals surface area contributed by atoms with Crippen LogP contribution in [0.5, 0.6) is 0 Å². The van der Waals surface area contributed by atoms with Crippen LogP contribution in [-0.4, -0.2) is 43.1 Å². The summed E-state index contributed by atoms with van der Waals surface area (Å²) in [5, 5.41) is 7.87. The number of carbonyl (C=O) groups excluding carboxylic acids is 1. The van der Waals surface area contributed by atoms with Crippen molar-refractivity contribution in [3.8, 4) is 0 Å². The first-order valence-electron chi connectivity index (χ1n) is 6.75. The molecule has 118 valence electrons. The van der Waals surface area contributed by atoms with Crippen LogP contribution in [0.4, 0.5) is 11.8 Å². The number of amides is 1. The van der Waals surface area contributed by atoms with Gasteiger partial charge in [0.05, 0.1) is 4.88 Å². The second-order valence-electron chi connectivity index (χ2n) is 4.90. The predicted molar refractivity (Wildman–Crippen MR) is 93.9 cm³/mol. The van der Waals surface area contributed by atoms with Gasteiger partial charge in [-0.3, -0.25) is 4.79 Å². The molecule has 0 fully saturated rings. The zero-order chi connectivity index (χ0) is 16.1. The van der Waals surface area contributed by atoms with Gasteiger partial charge in [-0.2, -0.15) is 4.98 Å². The van der Waals surface area contributed by atoms with E-state index in [0.717, 1.165) is 16.0 Å². The smallest absolute Gasteiger partial charge is 0.261 e. The lowest BCUT2D eigenvalue weighted by Gasteiger charge is -2.13. The molecule has 0 saturated heterocycles. The first-order valence-corrected chi connectivity index (χ1v) is 8.42. The third-order valence-corrected chi connectivity index (χ3v) is 4.47. The minimum Gasteiger partial charge on any atom is -0.363 e. The van der Waals surface area contributed by atoms with Crippen LogP contribution in [0.1, 0.15) is 15.4 Å². The third kappa shape index (κ3) is 4.67. The van der Waals surface area contributed by atoms with Gasteiger partial charge >= 0.3 is 0 Å². The lowest BCUT2D eigenvalue weighted by atomic mass is 10.4. The van der Waals surface area contributed by atoms with E-state index in [-0.39, 0.29) is 5.91 Å². The number of anilines is 2. The van der Waals surface area contributed by atoms with E-state index in [1.807, 2.05) is 37.4 Å². The summed E-state index contributed by atoms with van der Waals surface area (Å²) in [6.45, 7) is 2.99. The molecule has 0 spiro atoms. The van der Waals surface area contributed by atoms with Crippen LogP contribution in [0, 0.1) is 6.92 Å². The van der Waals surface area contributed by atoms with Crippen LogP contribution in [0.3, 0.4) is 0 Å². The van der Waals surface area contributed by atoms with Gasteiger partial charge in [0.15, 0.2) is 0 Å². The lowest BCUT2D eigenvalue weighted by Crippen LogP contribution is -2.28. The summed E-state index contributed by atoms with van der Waals surface area (Å²) in [4.78, 5) is 23.2. The molecule has 22 heavy (non-hydrogen) atoms. The molecule has 1 amide bonds. The predicted octanol–water partition coefficient (Wildman–Crippen LogP) is 2.52. The Morgan fingerprint density at radius 2 is 2.09 bits per heavy atom. The highest BCUT2D eigenvalue weighted by molar-refractivity contribution is 9.10. The van der Waals surface area contributed by atoms with Gasteiger partial charge in [-0.05, 0) is 28.9 Å². The molecule has 2 aromatic heterocycles. The Kier molecular flexibility index (Phi) is 5.73. The molecule has 0 radical (unpaired) electrons. The fraction of sp³-hybridized carbons (Fsp3) is 0.357. The molecule has 0 aromatic carbocycles. The van der Waals surface area contributed by atoms with E-state index < -0.39 is 0 Å². The van der Waals surface area contributed by atoms with Crippen LogP contribution in [-0.2, 0) is 0 Å². The SMILES string of the molecule is Cc1cc(N(C)C)nc(NCCNC(=O)c2cc(Br)cs2)n1. The van der Waals surface area contributed by atoms with E-state index in [9.17, 15) is 4.79 Å². The molecule has 0 aliphatic carbocycles. The number of rotatable bonds is 6. The van der Waals surface area contributed by atoms with E-state index in [1.165, 1.54) is 11.3 Å². The number of aromatic nitrogens is 2. The van der Waals surface area contributed by atoms with Crippen molar-refractivity contribution in [1.82, 2.24) is 15.3 Å². The summed E-state index contributed by atoms with van der Waals surface area (Å²) >= 11 is 4.75. The van der Waals surface area contributed by atoms with E-state index in [4.69, 9.17) is 0 Å². The van der Waals surface area contributed by atoms with Gasteiger partial charge in [0.2, 0.25) is 5.95 Å². The van der Waals surface area contributed by atoms with E-state index in [1.54, 1.807) is 6.07 Å². The Hall–Kier alpha value is -1.67. The highest BCUT2D eigenvalue weighted by Crippen LogP contribution is 2.19. The van der Waals surface area contributed by atoms with Gasteiger partial charge in [0, 0.05) is 48.8 Å². The molecule has 0 atom stereocenters. The van der Waals surface area contributed by atoms with Gasteiger partial charge in [0.1, 0.15) is 5.82 Å². The van der Waals surface area contributed by atoms with E-state index in [0.29, 0.717) is 23.9 Å². The zero-order valence-corrected chi connectivity index (χ0v) is 15.1. The number of nitrogens with zero attached hydrogens (tertiary/aromatic N) is 3. The van der Waals surface area contributed by atoms with Crippen LogP contribution in [0.25, 0.3) is 0 Å². The Bertz CT molecular complexity index is 658. The summed E-state index contributed by atoms with van der Waals surface area (Å²) in [7, 11) is 3.87. The maximum absolute atomic E-state index is 11.9. The molecule has 0 bridgehead atoms. The molecule has 0 unspecified atom stereocenters. The van der Waals surface area contributed by atoms with Crippen LogP contribution >= 0.6 is 27.3 Å². The molecule has 8 heteroatoms. The van der Waals surface area contributed by atoms with Crippen LogP contribution < -0.4 is 15.5 Å². The zero-order valence-electron chi connectivity index (χ0n) is 12.7. The standard InChI is InChI=1S/C14H18BrN5OS/c1-9-6-12(20(2)3)19-14(18-9)17-5-4-16-13(21)11-7-10(15)8-22-11/h6-8H,4-5H2,1-3H3,(H,16,21)(H,17,18,19). The number of halogens is 1. The quantitative estimate of drug-likeness (QED) is 0.749. The number of carbonyl (C=O) groups is 1. The van der Waals surface area contributed by atoms with Crippen molar-refractivity contribution >= 4 is 44.9 Å². The second kappa shape index (κ2) is 7.55. The van der Waals surface area contributed by atoms with Crippen molar-refractivity contribution in [1.29, 1.82) is 0 Å². The van der Waals surface area contributed by atoms with E-state index in [2.05, 4.69) is 36.5 Å². The van der Waals surface area contributed by atoms with Crippen molar-refractivity contribution < 1.29 is 4.79 Å². The minimum atomic E-state index is -0.0726. The van der Waals surface area contributed by atoms with Gasteiger partial charge in [-0.15, -0.1) is 11.3 Å². The number of nitrogens with one attached hydrogen (secondary N) is 2. The first-order chi connectivity index (χ1) is 10.5. The van der Waals surface area contributed by atoms with Gasteiger partial charge in [-0.25, -0.2) is 4.98 Å². The number of thiophene rings is 1. The van der Waals surface area contributed by atoms with Crippen LogP contribution in [0.2, 0.25) is 0 Å². The summed E-state index contributed by atoms with van der Waals surface area (Å²) in [6.07, 6.45) is 0. The van der Waals surface area contributed by atoms with Crippen molar-refractivity contribution in [3.05, 3.63) is 32.6 Å². The van der Waals surface area contributed by atoms with Crippen molar-refractivity contribution in [2.45, 2.75) is 6.92 Å². The molecule has 2 heterocycles. The molecule has 0 saturated carbocycles. The minimum absolute atomic E-state index is 0.0726. The highest BCUT2D eigenvalue weighted by atomic mass is 79.9. The van der Waals surface area contributed by atoms with Crippen LogP contribution in [0.15, 0.2) is 22.0 Å². The molecular formula is C14H18BrN5OS. The monoisotopic (exact) mass is 383 g/mol. The average molecular weight is 384 g/mol. The first kappa shape index (κ1) is 16.7. The van der Waals surface area contributed by atoms with Crippen molar-refractivity contribution in [2.75, 3.05) is 37.4 Å². The lowest BCUT2D eigenvalue weighted by molar-refractivity contribution is 0.0959.